The molecule has 88 valence electrons. The van der Waals surface area contributed by atoms with Crippen molar-refractivity contribution >= 4 is 16.8 Å². The Balaban J connectivity index is 2.34. The molecule has 0 saturated heterocycles. The summed E-state index contributed by atoms with van der Waals surface area (Å²) in [5, 5.41) is 3.05. The van der Waals surface area contributed by atoms with Crippen LogP contribution in [0.3, 0.4) is 0 Å². The number of rotatable bonds is 5. The van der Waals surface area contributed by atoms with Gasteiger partial charge in [0.05, 0.1) is 11.3 Å². The molecule has 0 spiro atoms. The minimum absolute atomic E-state index is 0.0653. The monoisotopic (exact) mass is 231 g/mol. The summed E-state index contributed by atoms with van der Waals surface area (Å²) in [6.07, 6.45) is 3.77. The van der Waals surface area contributed by atoms with Gasteiger partial charge in [-0.1, -0.05) is 13.8 Å². The van der Waals surface area contributed by atoms with Gasteiger partial charge in [-0.25, -0.2) is 0 Å². The molecule has 1 aliphatic rings. The molecule has 0 aliphatic heterocycles. The molecule has 1 unspecified atom stereocenters. The maximum atomic E-state index is 11.4. The summed E-state index contributed by atoms with van der Waals surface area (Å²) < 4.78 is 11.3. The van der Waals surface area contributed by atoms with E-state index in [-0.39, 0.29) is 4.75 Å². The van der Waals surface area contributed by atoms with Gasteiger partial charge in [-0.3, -0.25) is 9.20 Å². The Bertz CT molecular complexity index is 272. The first-order valence-electron chi connectivity index (χ1n) is 5.33. The minimum Gasteiger partial charge on any atom is -0.370 e. The fourth-order valence-electron chi connectivity index (χ4n) is 1.27. The lowest BCUT2D eigenvalue weighted by Gasteiger charge is -2.11. The van der Waals surface area contributed by atoms with Crippen LogP contribution in [0.15, 0.2) is 4.99 Å². The molecule has 1 aliphatic carbocycles. The van der Waals surface area contributed by atoms with Crippen molar-refractivity contribution in [3.8, 4) is 0 Å². The largest absolute Gasteiger partial charge is 0.370 e. The van der Waals surface area contributed by atoms with Crippen LogP contribution in [0.5, 0.6) is 0 Å². The smallest absolute Gasteiger partial charge is 0.188 e. The highest BCUT2D eigenvalue weighted by Gasteiger charge is 2.46. The van der Waals surface area contributed by atoms with E-state index in [1.54, 1.807) is 6.26 Å². The van der Waals surface area contributed by atoms with Crippen LogP contribution in [0.25, 0.3) is 0 Å². The van der Waals surface area contributed by atoms with E-state index < -0.39 is 10.8 Å². The molecule has 0 aromatic heterocycles. The maximum absolute atomic E-state index is 11.4. The molecule has 4 nitrogen and oxygen atoms in total. The van der Waals surface area contributed by atoms with Crippen LogP contribution in [0, 0.1) is 5.92 Å². The second-order valence-electron chi connectivity index (χ2n) is 4.61. The Hall–Kier alpha value is -0.580. The Morgan fingerprint density at radius 2 is 2.20 bits per heavy atom. The number of hydrogen-bond donors (Lipinski definition) is 2. The molecule has 0 aromatic carbocycles. The SMILES string of the molecule is CC(C)CNC(N)=NCC1(S(C)=O)CC1. The summed E-state index contributed by atoms with van der Waals surface area (Å²) in [5.74, 6) is 1.02. The Morgan fingerprint density at radius 1 is 1.60 bits per heavy atom. The molecule has 0 bridgehead atoms. The zero-order valence-corrected chi connectivity index (χ0v) is 10.6. The van der Waals surface area contributed by atoms with E-state index in [1.165, 1.54) is 0 Å². The number of nitrogens with two attached hydrogens (primary N) is 1. The summed E-state index contributed by atoms with van der Waals surface area (Å²) >= 11 is 0. The summed E-state index contributed by atoms with van der Waals surface area (Å²) in [7, 11) is -0.784. The van der Waals surface area contributed by atoms with E-state index in [0.717, 1.165) is 19.4 Å². The Kier molecular flexibility index (Phi) is 4.13. The van der Waals surface area contributed by atoms with Crippen LogP contribution in [0.4, 0.5) is 0 Å². The summed E-state index contributed by atoms with van der Waals surface area (Å²) in [5.41, 5.74) is 5.70. The van der Waals surface area contributed by atoms with Gasteiger partial charge in [-0.2, -0.15) is 0 Å². The highest BCUT2D eigenvalue weighted by Crippen LogP contribution is 2.41. The fourth-order valence-corrected chi connectivity index (χ4v) is 2.19. The fraction of sp³-hybridized carbons (Fsp3) is 0.900. The first-order chi connectivity index (χ1) is 6.96. The van der Waals surface area contributed by atoms with Crippen LogP contribution in [-0.4, -0.2) is 34.3 Å². The van der Waals surface area contributed by atoms with E-state index >= 15 is 0 Å². The third kappa shape index (κ3) is 3.81. The highest BCUT2D eigenvalue weighted by atomic mass is 32.2. The van der Waals surface area contributed by atoms with E-state index in [1.807, 2.05) is 0 Å². The van der Waals surface area contributed by atoms with Crippen LogP contribution in [-0.2, 0) is 10.8 Å². The molecule has 0 radical (unpaired) electrons. The van der Waals surface area contributed by atoms with E-state index in [2.05, 4.69) is 24.2 Å². The van der Waals surface area contributed by atoms with Crippen molar-refractivity contribution in [1.82, 2.24) is 5.32 Å². The molecule has 15 heavy (non-hydrogen) atoms. The average molecular weight is 231 g/mol. The lowest BCUT2D eigenvalue weighted by Crippen LogP contribution is -2.35. The number of nitrogens with zero attached hydrogens (tertiary/aromatic N) is 1. The lowest BCUT2D eigenvalue weighted by atomic mass is 10.2. The van der Waals surface area contributed by atoms with Gasteiger partial charge in [-0.05, 0) is 18.8 Å². The number of guanidine groups is 1. The van der Waals surface area contributed by atoms with Gasteiger partial charge in [0, 0.05) is 23.6 Å². The van der Waals surface area contributed by atoms with Gasteiger partial charge in [0.1, 0.15) is 0 Å². The van der Waals surface area contributed by atoms with Crippen molar-refractivity contribution in [3.05, 3.63) is 0 Å². The molecule has 3 N–H and O–H groups in total. The molecule has 1 fully saturated rings. The Labute approximate surface area is 94.2 Å². The van der Waals surface area contributed by atoms with Crippen LogP contribution in [0.2, 0.25) is 0 Å². The normalized spacial score (nSPS) is 21.5. The molecule has 1 atom stereocenters. The zero-order valence-electron chi connectivity index (χ0n) is 9.75. The zero-order chi connectivity index (χ0) is 11.5. The van der Waals surface area contributed by atoms with Crippen molar-refractivity contribution in [2.45, 2.75) is 31.4 Å². The van der Waals surface area contributed by atoms with Gasteiger partial charge in [0.25, 0.3) is 0 Å². The summed E-state index contributed by atoms with van der Waals surface area (Å²) in [6, 6.07) is 0. The molecule has 1 rings (SSSR count). The quantitative estimate of drug-likeness (QED) is 0.533. The summed E-state index contributed by atoms with van der Waals surface area (Å²) in [6.45, 7) is 5.65. The topological polar surface area (TPSA) is 67.5 Å². The second kappa shape index (κ2) is 4.96. The van der Waals surface area contributed by atoms with Gasteiger partial charge < -0.3 is 11.1 Å². The molecule has 0 heterocycles. The molecular formula is C10H21N3OS. The van der Waals surface area contributed by atoms with E-state index in [0.29, 0.717) is 18.4 Å². The van der Waals surface area contributed by atoms with Crippen molar-refractivity contribution in [2.24, 2.45) is 16.6 Å². The van der Waals surface area contributed by atoms with E-state index in [9.17, 15) is 4.21 Å². The molecule has 0 amide bonds. The van der Waals surface area contributed by atoms with Crippen molar-refractivity contribution in [1.29, 1.82) is 0 Å². The predicted molar refractivity (Wildman–Crippen MR) is 65.4 cm³/mol. The molecule has 1 saturated carbocycles. The average Bonchev–Trinajstić information content (AvgIpc) is 2.92. The van der Waals surface area contributed by atoms with E-state index in [4.69, 9.17) is 5.73 Å². The van der Waals surface area contributed by atoms with Crippen molar-refractivity contribution < 1.29 is 4.21 Å². The standard InChI is InChI=1S/C10H21N3OS/c1-8(2)6-12-9(11)13-7-10(4-5-10)15(3)14/h8H,4-7H2,1-3H3,(H3,11,12,13). The van der Waals surface area contributed by atoms with Gasteiger partial charge in [0.15, 0.2) is 5.96 Å². The van der Waals surface area contributed by atoms with Gasteiger partial charge in [0.2, 0.25) is 0 Å². The van der Waals surface area contributed by atoms with Gasteiger partial charge >= 0.3 is 0 Å². The van der Waals surface area contributed by atoms with Crippen LogP contribution < -0.4 is 11.1 Å². The minimum atomic E-state index is -0.784. The van der Waals surface area contributed by atoms with Crippen molar-refractivity contribution in [2.75, 3.05) is 19.3 Å². The highest BCUT2D eigenvalue weighted by molar-refractivity contribution is 7.86. The molecule has 0 aromatic rings. The third-order valence-electron chi connectivity index (χ3n) is 2.65. The number of nitrogens with one attached hydrogen (secondary N) is 1. The first kappa shape index (κ1) is 12.5. The molecule has 5 heteroatoms. The number of aliphatic imine (C=N–C) groups is 1. The Morgan fingerprint density at radius 3 is 2.60 bits per heavy atom. The second-order valence-corrected chi connectivity index (χ2v) is 6.39. The first-order valence-corrected chi connectivity index (χ1v) is 6.89. The third-order valence-corrected chi connectivity index (χ3v) is 4.40. The van der Waals surface area contributed by atoms with Crippen LogP contribution in [0.1, 0.15) is 26.7 Å². The maximum Gasteiger partial charge on any atom is 0.188 e. The summed E-state index contributed by atoms with van der Waals surface area (Å²) in [4.78, 5) is 4.24. The lowest BCUT2D eigenvalue weighted by molar-refractivity contribution is 0.621. The van der Waals surface area contributed by atoms with Crippen molar-refractivity contribution in [3.63, 3.8) is 0 Å². The van der Waals surface area contributed by atoms with Crippen LogP contribution >= 0.6 is 0 Å². The molecular weight excluding hydrogens is 210 g/mol. The van der Waals surface area contributed by atoms with Gasteiger partial charge in [-0.15, -0.1) is 0 Å². The number of hydrogen-bond acceptors (Lipinski definition) is 2. The predicted octanol–water partition coefficient (Wildman–Crippen LogP) is 0.458.